The van der Waals surface area contributed by atoms with Gasteiger partial charge in [0.15, 0.2) is 0 Å². The first kappa shape index (κ1) is 14.3. The van der Waals surface area contributed by atoms with E-state index >= 15 is 0 Å². The number of thiophene rings is 1. The second-order valence-electron chi connectivity index (χ2n) is 4.49. The van der Waals surface area contributed by atoms with Crippen LogP contribution in [0.3, 0.4) is 0 Å². The monoisotopic (exact) mass is 409 g/mol. The molecule has 0 unspecified atom stereocenters. The summed E-state index contributed by atoms with van der Waals surface area (Å²) >= 11 is 3.78. The van der Waals surface area contributed by atoms with Gasteiger partial charge < -0.3 is 5.32 Å². The summed E-state index contributed by atoms with van der Waals surface area (Å²) in [6.45, 7) is 0.522. The molecule has 2 N–H and O–H groups in total. The minimum Gasteiger partial charge on any atom is -0.348 e. The van der Waals surface area contributed by atoms with Gasteiger partial charge in [-0.15, -0.1) is 11.3 Å². The molecule has 0 saturated carbocycles. The Morgan fingerprint density at radius 2 is 2.10 bits per heavy atom. The first-order valence-electron chi connectivity index (χ1n) is 6.33. The molecular formula is C15H12IN3OS. The Morgan fingerprint density at radius 3 is 2.71 bits per heavy atom. The molecule has 0 aliphatic rings. The Balaban J connectivity index is 1.62. The van der Waals surface area contributed by atoms with Crippen LogP contribution in [0.1, 0.15) is 15.9 Å². The summed E-state index contributed by atoms with van der Waals surface area (Å²) in [6, 6.07) is 11.9. The minimum atomic E-state index is -0.0354. The maximum atomic E-state index is 12.0. The van der Waals surface area contributed by atoms with E-state index in [4.69, 9.17) is 0 Å². The molecular weight excluding hydrogens is 397 g/mol. The molecule has 3 aromatic rings. The van der Waals surface area contributed by atoms with Crippen LogP contribution < -0.4 is 5.32 Å². The zero-order valence-corrected chi connectivity index (χ0v) is 13.9. The molecule has 0 aliphatic heterocycles. The Hall–Kier alpha value is -1.67. The average Bonchev–Trinajstić information content (AvgIpc) is 3.16. The van der Waals surface area contributed by atoms with Crippen LogP contribution in [-0.2, 0) is 6.54 Å². The van der Waals surface area contributed by atoms with E-state index in [2.05, 4.69) is 38.1 Å². The molecule has 0 spiro atoms. The third-order valence-corrected chi connectivity index (χ3v) is 4.84. The predicted octanol–water partition coefficient (Wildman–Crippen LogP) is 3.67. The number of aromatic nitrogens is 2. The normalized spacial score (nSPS) is 10.5. The summed E-state index contributed by atoms with van der Waals surface area (Å²) in [5.41, 5.74) is 3.85. The van der Waals surface area contributed by atoms with Gasteiger partial charge in [-0.2, -0.15) is 5.10 Å². The molecule has 106 valence electrons. The highest BCUT2D eigenvalue weighted by Gasteiger charge is 2.07. The van der Waals surface area contributed by atoms with E-state index < -0.39 is 0 Å². The van der Waals surface area contributed by atoms with Crippen LogP contribution in [0.15, 0.2) is 48.0 Å². The number of carbonyl (C=O) groups excluding carboxylic acids is 1. The van der Waals surface area contributed by atoms with Gasteiger partial charge in [-0.3, -0.25) is 9.89 Å². The van der Waals surface area contributed by atoms with Crippen LogP contribution in [0.4, 0.5) is 0 Å². The van der Waals surface area contributed by atoms with E-state index in [1.165, 1.54) is 0 Å². The van der Waals surface area contributed by atoms with E-state index in [0.717, 1.165) is 25.3 Å². The van der Waals surface area contributed by atoms with E-state index in [1.807, 2.05) is 41.8 Å². The van der Waals surface area contributed by atoms with Gasteiger partial charge in [0.2, 0.25) is 0 Å². The lowest BCUT2D eigenvalue weighted by Gasteiger charge is -2.05. The second kappa shape index (κ2) is 6.40. The molecule has 4 nitrogen and oxygen atoms in total. The lowest BCUT2D eigenvalue weighted by molar-refractivity contribution is 0.0951. The average molecular weight is 409 g/mol. The number of rotatable bonds is 4. The fourth-order valence-corrected chi connectivity index (χ4v) is 3.26. The predicted molar refractivity (Wildman–Crippen MR) is 92.2 cm³/mol. The van der Waals surface area contributed by atoms with Crippen molar-refractivity contribution in [3.63, 3.8) is 0 Å². The highest BCUT2D eigenvalue weighted by atomic mass is 127. The molecule has 6 heteroatoms. The molecule has 0 bridgehead atoms. The number of hydrogen-bond acceptors (Lipinski definition) is 3. The standard InChI is InChI=1S/C15H12IN3OS/c16-14-7-12(9-21-14)15(20)17-8-10-1-3-11(4-2-10)13-5-6-18-19-13/h1-7,9H,8H2,(H,17,20)(H,18,19). The number of aromatic amines is 1. The van der Waals surface area contributed by atoms with Gasteiger partial charge in [0.25, 0.3) is 5.91 Å². The molecule has 1 aromatic carbocycles. The molecule has 0 aliphatic carbocycles. The number of benzene rings is 1. The maximum Gasteiger partial charge on any atom is 0.252 e. The molecule has 2 heterocycles. The number of hydrogen-bond donors (Lipinski definition) is 2. The summed E-state index contributed by atoms with van der Waals surface area (Å²) in [6.07, 6.45) is 1.73. The number of amides is 1. The topological polar surface area (TPSA) is 57.8 Å². The van der Waals surface area contributed by atoms with Gasteiger partial charge in [0, 0.05) is 18.1 Å². The molecule has 3 rings (SSSR count). The second-order valence-corrected chi connectivity index (χ2v) is 7.29. The first-order chi connectivity index (χ1) is 10.2. The van der Waals surface area contributed by atoms with Gasteiger partial charge in [0.05, 0.1) is 14.1 Å². The Morgan fingerprint density at radius 1 is 1.29 bits per heavy atom. The number of halogens is 1. The van der Waals surface area contributed by atoms with Gasteiger partial charge in [-0.05, 0) is 45.9 Å². The Bertz CT molecular complexity index is 735. The van der Waals surface area contributed by atoms with Crippen LogP contribution in [0.25, 0.3) is 11.3 Å². The molecule has 0 radical (unpaired) electrons. The molecule has 1 amide bonds. The van der Waals surface area contributed by atoms with E-state index in [0.29, 0.717) is 6.54 Å². The van der Waals surface area contributed by atoms with Crippen molar-refractivity contribution < 1.29 is 4.79 Å². The summed E-state index contributed by atoms with van der Waals surface area (Å²) < 4.78 is 1.11. The zero-order valence-electron chi connectivity index (χ0n) is 11.0. The quantitative estimate of drug-likeness (QED) is 0.647. The third-order valence-electron chi connectivity index (χ3n) is 3.05. The minimum absolute atomic E-state index is 0.0354. The molecule has 0 fully saturated rings. The fraction of sp³-hybridized carbons (Fsp3) is 0.0667. The summed E-state index contributed by atoms with van der Waals surface area (Å²) in [4.78, 5) is 12.0. The molecule has 0 saturated heterocycles. The summed E-state index contributed by atoms with van der Waals surface area (Å²) in [5, 5.41) is 11.7. The van der Waals surface area contributed by atoms with Gasteiger partial charge >= 0.3 is 0 Å². The molecule has 21 heavy (non-hydrogen) atoms. The smallest absolute Gasteiger partial charge is 0.252 e. The van der Waals surface area contributed by atoms with E-state index in [9.17, 15) is 4.79 Å². The van der Waals surface area contributed by atoms with E-state index in [-0.39, 0.29) is 5.91 Å². The van der Waals surface area contributed by atoms with E-state index in [1.54, 1.807) is 17.5 Å². The van der Waals surface area contributed by atoms with Crippen LogP contribution in [0.2, 0.25) is 0 Å². The lowest BCUT2D eigenvalue weighted by atomic mass is 10.1. The van der Waals surface area contributed by atoms with Crippen LogP contribution in [-0.4, -0.2) is 16.1 Å². The van der Waals surface area contributed by atoms with Crippen LogP contribution >= 0.6 is 33.9 Å². The number of H-pyrrole nitrogens is 1. The van der Waals surface area contributed by atoms with Crippen molar-refractivity contribution in [3.05, 3.63) is 62.0 Å². The van der Waals surface area contributed by atoms with Crippen molar-refractivity contribution in [1.29, 1.82) is 0 Å². The number of carbonyl (C=O) groups is 1. The van der Waals surface area contributed by atoms with Crippen molar-refractivity contribution in [1.82, 2.24) is 15.5 Å². The first-order valence-corrected chi connectivity index (χ1v) is 8.29. The fourth-order valence-electron chi connectivity index (χ4n) is 1.93. The number of nitrogens with one attached hydrogen (secondary N) is 2. The Labute approximate surface area is 139 Å². The number of nitrogens with zero attached hydrogens (tertiary/aromatic N) is 1. The highest BCUT2D eigenvalue weighted by Crippen LogP contribution is 2.18. The van der Waals surface area contributed by atoms with Gasteiger partial charge in [-0.25, -0.2) is 0 Å². The van der Waals surface area contributed by atoms with Crippen molar-refractivity contribution in [2.45, 2.75) is 6.54 Å². The molecule has 2 aromatic heterocycles. The van der Waals surface area contributed by atoms with Crippen LogP contribution in [0.5, 0.6) is 0 Å². The zero-order chi connectivity index (χ0) is 14.7. The lowest BCUT2D eigenvalue weighted by Crippen LogP contribution is -2.22. The van der Waals surface area contributed by atoms with Crippen molar-refractivity contribution in [2.75, 3.05) is 0 Å². The summed E-state index contributed by atoms with van der Waals surface area (Å²) in [5.74, 6) is -0.0354. The SMILES string of the molecule is O=C(NCc1ccc(-c2ccn[nH]2)cc1)c1csc(I)c1. The third kappa shape index (κ3) is 3.51. The van der Waals surface area contributed by atoms with Gasteiger partial charge in [0.1, 0.15) is 0 Å². The summed E-state index contributed by atoms with van der Waals surface area (Å²) in [7, 11) is 0. The molecule has 0 atom stereocenters. The van der Waals surface area contributed by atoms with Crippen LogP contribution in [0, 0.1) is 2.88 Å². The highest BCUT2D eigenvalue weighted by molar-refractivity contribution is 14.1. The Kier molecular flexibility index (Phi) is 4.35. The van der Waals surface area contributed by atoms with Crippen molar-refractivity contribution >= 4 is 39.8 Å². The van der Waals surface area contributed by atoms with Crippen molar-refractivity contribution in [3.8, 4) is 11.3 Å². The largest absolute Gasteiger partial charge is 0.348 e. The maximum absolute atomic E-state index is 12.0. The van der Waals surface area contributed by atoms with Gasteiger partial charge in [-0.1, -0.05) is 24.3 Å². The van der Waals surface area contributed by atoms with Crippen molar-refractivity contribution in [2.24, 2.45) is 0 Å².